The number of carbonyl (C=O) groups excluding carboxylic acids is 1. The Morgan fingerprint density at radius 1 is 1.44 bits per heavy atom. The third-order valence-corrected chi connectivity index (χ3v) is 3.30. The Labute approximate surface area is 108 Å². The molecule has 1 aliphatic heterocycles. The van der Waals surface area contributed by atoms with Crippen LogP contribution in [0.3, 0.4) is 0 Å². The number of alkyl carbamates (subject to hydrolysis) is 1. The lowest BCUT2D eigenvalue weighted by molar-refractivity contribution is 0.129. The Morgan fingerprint density at radius 2 is 2.22 bits per heavy atom. The summed E-state index contributed by atoms with van der Waals surface area (Å²) in [5.41, 5.74) is 1.01. The van der Waals surface area contributed by atoms with Gasteiger partial charge in [-0.15, -0.1) is 0 Å². The zero-order chi connectivity index (χ0) is 12.8. The quantitative estimate of drug-likeness (QED) is 0.859. The lowest BCUT2D eigenvalue weighted by Gasteiger charge is -2.29. The van der Waals surface area contributed by atoms with E-state index >= 15 is 0 Å². The van der Waals surface area contributed by atoms with Crippen LogP contribution in [0.5, 0.6) is 0 Å². The number of hydrogen-bond acceptors (Lipinski definition) is 3. The van der Waals surface area contributed by atoms with Crippen molar-refractivity contribution in [2.24, 2.45) is 5.92 Å². The summed E-state index contributed by atoms with van der Waals surface area (Å²) in [6, 6.07) is 9.92. The zero-order valence-corrected chi connectivity index (χ0v) is 10.7. The van der Waals surface area contributed by atoms with Crippen LogP contribution in [-0.2, 0) is 11.3 Å². The highest BCUT2D eigenvalue weighted by Crippen LogP contribution is 2.10. The molecule has 0 aromatic heterocycles. The van der Waals surface area contributed by atoms with Crippen molar-refractivity contribution in [3.8, 4) is 0 Å². The molecule has 4 nitrogen and oxygen atoms in total. The van der Waals surface area contributed by atoms with Crippen LogP contribution in [0.2, 0.25) is 0 Å². The molecule has 2 atom stereocenters. The van der Waals surface area contributed by atoms with Gasteiger partial charge in [0, 0.05) is 6.04 Å². The van der Waals surface area contributed by atoms with E-state index in [2.05, 4.69) is 17.6 Å². The molecule has 2 N–H and O–H groups in total. The summed E-state index contributed by atoms with van der Waals surface area (Å²) >= 11 is 0. The first-order valence-electron chi connectivity index (χ1n) is 6.43. The summed E-state index contributed by atoms with van der Waals surface area (Å²) in [4.78, 5) is 11.7. The fourth-order valence-electron chi connectivity index (χ4n) is 2.14. The second-order valence-corrected chi connectivity index (χ2v) is 4.78. The van der Waals surface area contributed by atoms with Gasteiger partial charge in [-0.2, -0.15) is 0 Å². The van der Waals surface area contributed by atoms with Crippen LogP contribution in [-0.4, -0.2) is 25.2 Å². The van der Waals surface area contributed by atoms with Gasteiger partial charge < -0.3 is 15.4 Å². The highest BCUT2D eigenvalue weighted by molar-refractivity contribution is 5.67. The molecule has 18 heavy (non-hydrogen) atoms. The van der Waals surface area contributed by atoms with Gasteiger partial charge in [0.1, 0.15) is 6.61 Å². The Bertz CT molecular complexity index is 381. The molecule has 1 aromatic carbocycles. The maximum absolute atomic E-state index is 11.7. The number of amides is 1. The van der Waals surface area contributed by atoms with E-state index in [1.54, 1.807) is 0 Å². The van der Waals surface area contributed by atoms with E-state index in [1.807, 2.05) is 30.3 Å². The summed E-state index contributed by atoms with van der Waals surface area (Å²) in [5, 5.41) is 6.24. The topological polar surface area (TPSA) is 50.4 Å². The van der Waals surface area contributed by atoms with Crippen LogP contribution < -0.4 is 10.6 Å². The fraction of sp³-hybridized carbons (Fsp3) is 0.500. The average molecular weight is 248 g/mol. The molecular formula is C14H20N2O2. The summed E-state index contributed by atoms with van der Waals surface area (Å²) in [5.74, 6) is 0.447. The van der Waals surface area contributed by atoms with Crippen LogP contribution in [0.25, 0.3) is 0 Å². The molecule has 0 spiro atoms. The number of rotatable bonds is 3. The summed E-state index contributed by atoms with van der Waals surface area (Å²) in [6.07, 6.45) is 0.638. The van der Waals surface area contributed by atoms with Crippen LogP contribution in [0.1, 0.15) is 18.9 Å². The van der Waals surface area contributed by atoms with Gasteiger partial charge in [0.25, 0.3) is 0 Å². The van der Waals surface area contributed by atoms with E-state index in [4.69, 9.17) is 4.74 Å². The lowest BCUT2D eigenvalue weighted by atomic mass is 9.96. The van der Waals surface area contributed by atoms with E-state index in [9.17, 15) is 4.79 Å². The predicted octanol–water partition coefficient (Wildman–Crippen LogP) is 1.91. The van der Waals surface area contributed by atoms with Gasteiger partial charge in [-0.25, -0.2) is 4.79 Å². The average Bonchev–Trinajstić information content (AvgIpc) is 2.40. The Balaban J connectivity index is 1.75. The molecule has 2 unspecified atom stereocenters. The fourth-order valence-corrected chi connectivity index (χ4v) is 2.14. The molecule has 1 saturated heterocycles. The van der Waals surface area contributed by atoms with Crippen LogP contribution >= 0.6 is 0 Å². The standard InChI is InChI=1S/C14H20N2O2/c1-11-9-15-8-7-13(11)16-14(17)18-10-12-5-3-2-4-6-12/h2-6,11,13,15H,7-10H2,1H3,(H,16,17). The van der Waals surface area contributed by atoms with Crippen molar-refractivity contribution in [3.05, 3.63) is 35.9 Å². The molecule has 1 heterocycles. The molecule has 1 aromatic rings. The van der Waals surface area contributed by atoms with Crippen LogP contribution in [0, 0.1) is 5.92 Å². The molecule has 0 aliphatic carbocycles. The summed E-state index contributed by atoms with van der Waals surface area (Å²) < 4.78 is 5.21. The normalized spacial score (nSPS) is 23.4. The number of carbonyl (C=O) groups is 1. The highest BCUT2D eigenvalue weighted by Gasteiger charge is 2.22. The first-order valence-corrected chi connectivity index (χ1v) is 6.43. The van der Waals surface area contributed by atoms with Crippen molar-refractivity contribution in [2.75, 3.05) is 13.1 Å². The SMILES string of the molecule is CC1CNCCC1NC(=O)OCc1ccccc1. The second kappa shape index (κ2) is 6.40. The molecule has 98 valence electrons. The predicted molar refractivity (Wildman–Crippen MR) is 70.2 cm³/mol. The van der Waals surface area contributed by atoms with Crippen molar-refractivity contribution >= 4 is 6.09 Å². The highest BCUT2D eigenvalue weighted by atomic mass is 16.5. The van der Waals surface area contributed by atoms with E-state index < -0.39 is 0 Å². The zero-order valence-electron chi connectivity index (χ0n) is 10.7. The van der Waals surface area contributed by atoms with E-state index in [-0.39, 0.29) is 12.1 Å². The summed E-state index contributed by atoms with van der Waals surface area (Å²) in [6.45, 7) is 4.36. The molecule has 0 bridgehead atoms. The van der Waals surface area contributed by atoms with E-state index in [0.717, 1.165) is 25.1 Å². The largest absolute Gasteiger partial charge is 0.445 e. The Kier molecular flexibility index (Phi) is 4.59. The Hall–Kier alpha value is -1.55. The molecule has 1 aliphatic rings. The van der Waals surface area contributed by atoms with Crippen LogP contribution in [0.4, 0.5) is 4.79 Å². The van der Waals surface area contributed by atoms with E-state index in [0.29, 0.717) is 12.5 Å². The molecule has 1 fully saturated rings. The third-order valence-electron chi connectivity index (χ3n) is 3.30. The number of benzene rings is 1. The van der Waals surface area contributed by atoms with Crippen molar-refractivity contribution in [1.82, 2.24) is 10.6 Å². The number of ether oxygens (including phenoxy) is 1. The second-order valence-electron chi connectivity index (χ2n) is 4.78. The Morgan fingerprint density at radius 3 is 2.94 bits per heavy atom. The molecular weight excluding hydrogens is 228 g/mol. The van der Waals surface area contributed by atoms with Gasteiger partial charge in [0.05, 0.1) is 0 Å². The first-order chi connectivity index (χ1) is 8.75. The van der Waals surface area contributed by atoms with Crippen LogP contribution in [0.15, 0.2) is 30.3 Å². The maximum Gasteiger partial charge on any atom is 0.407 e. The molecule has 1 amide bonds. The van der Waals surface area contributed by atoms with Crippen molar-refractivity contribution in [3.63, 3.8) is 0 Å². The van der Waals surface area contributed by atoms with Gasteiger partial charge >= 0.3 is 6.09 Å². The molecule has 0 radical (unpaired) electrons. The smallest absolute Gasteiger partial charge is 0.407 e. The third kappa shape index (κ3) is 3.74. The van der Waals surface area contributed by atoms with Crippen molar-refractivity contribution in [2.45, 2.75) is 26.0 Å². The minimum absolute atomic E-state index is 0.217. The number of piperidine rings is 1. The minimum Gasteiger partial charge on any atom is -0.445 e. The minimum atomic E-state index is -0.322. The van der Waals surface area contributed by atoms with Gasteiger partial charge in [-0.3, -0.25) is 0 Å². The summed E-state index contributed by atoms with van der Waals surface area (Å²) in [7, 11) is 0. The molecule has 0 saturated carbocycles. The maximum atomic E-state index is 11.7. The van der Waals surface area contributed by atoms with E-state index in [1.165, 1.54) is 0 Å². The molecule has 4 heteroatoms. The van der Waals surface area contributed by atoms with Gasteiger partial charge in [0.2, 0.25) is 0 Å². The van der Waals surface area contributed by atoms with Crippen molar-refractivity contribution < 1.29 is 9.53 Å². The first kappa shape index (κ1) is 12.9. The van der Waals surface area contributed by atoms with Crippen molar-refractivity contribution in [1.29, 1.82) is 0 Å². The monoisotopic (exact) mass is 248 g/mol. The van der Waals surface area contributed by atoms with Gasteiger partial charge in [-0.05, 0) is 31.0 Å². The van der Waals surface area contributed by atoms with Gasteiger partial charge in [0.15, 0.2) is 0 Å². The van der Waals surface area contributed by atoms with Gasteiger partial charge in [-0.1, -0.05) is 37.3 Å². The number of nitrogens with one attached hydrogen (secondary N) is 2. The lowest BCUT2D eigenvalue weighted by Crippen LogP contribution is -2.48. The number of hydrogen-bond donors (Lipinski definition) is 2. The molecule has 2 rings (SSSR count).